The summed E-state index contributed by atoms with van der Waals surface area (Å²) in [7, 11) is 0. The van der Waals surface area contributed by atoms with Crippen LogP contribution in [0.15, 0.2) is 24.3 Å². The molecule has 1 amide bonds. The van der Waals surface area contributed by atoms with E-state index >= 15 is 0 Å². The molecule has 1 aromatic carbocycles. The molecule has 0 aliphatic carbocycles. The monoisotopic (exact) mass is 274 g/mol. The Balaban J connectivity index is 1.90. The first-order chi connectivity index (χ1) is 9.72. The molecule has 110 valence electrons. The van der Waals surface area contributed by atoms with E-state index in [-0.39, 0.29) is 5.91 Å². The van der Waals surface area contributed by atoms with Crippen LogP contribution in [0.3, 0.4) is 0 Å². The van der Waals surface area contributed by atoms with Crippen LogP contribution in [0.25, 0.3) is 0 Å². The van der Waals surface area contributed by atoms with Crippen LogP contribution in [0.2, 0.25) is 0 Å². The predicted molar refractivity (Wildman–Crippen MR) is 82.2 cm³/mol. The molecule has 0 spiro atoms. The fourth-order valence-electron chi connectivity index (χ4n) is 2.90. The predicted octanol–water partition coefficient (Wildman–Crippen LogP) is 2.73. The highest BCUT2D eigenvalue weighted by molar-refractivity contribution is 5.78. The van der Waals surface area contributed by atoms with Crippen LogP contribution in [0, 0.1) is 5.92 Å². The van der Waals surface area contributed by atoms with Crippen LogP contribution >= 0.6 is 0 Å². The summed E-state index contributed by atoms with van der Waals surface area (Å²) in [4.78, 5) is 14.4. The van der Waals surface area contributed by atoms with Gasteiger partial charge in [0.1, 0.15) is 0 Å². The normalized spacial score (nSPS) is 19.7. The third-order valence-corrected chi connectivity index (χ3v) is 4.39. The van der Waals surface area contributed by atoms with Crippen molar-refractivity contribution < 1.29 is 4.79 Å². The quantitative estimate of drug-likeness (QED) is 0.917. The maximum absolute atomic E-state index is 12.4. The highest BCUT2D eigenvalue weighted by atomic mass is 16.2. The van der Waals surface area contributed by atoms with E-state index < -0.39 is 0 Å². The van der Waals surface area contributed by atoms with Crippen molar-refractivity contribution in [2.45, 2.75) is 45.6 Å². The molecule has 0 aromatic heterocycles. The fourth-order valence-corrected chi connectivity index (χ4v) is 2.90. The first-order valence-corrected chi connectivity index (χ1v) is 7.78. The van der Waals surface area contributed by atoms with E-state index in [2.05, 4.69) is 6.92 Å². The van der Waals surface area contributed by atoms with Crippen molar-refractivity contribution in [1.29, 1.82) is 0 Å². The van der Waals surface area contributed by atoms with E-state index in [4.69, 9.17) is 5.73 Å². The average molecular weight is 274 g/mol. The molecule has 1 heterocycles. The molecule has 0 saturated carbocycles. The van der Waals surface area contributed by atoms with Gasteiger partial charge >= 0.3 is 0 Å². The molecule has 1 atom stereocenters. The Hall–Kier alpha value is -1.35. The number of carbonyl (C=O) groups is 1. The Morgan fingerprint density at radius 3 is 2.55 bits per heavy atom. The number of hydrogen-bond donors (Lipinski definition) is 1. The minimum absolute atomic E-state index is 0.266. The van der Waals surface area contributed by atoms with Gasteiger partial charge in [0.15, 0.2) is 0 Å². The number of hydrogen-bond acceptors (Lipinski definition) is 2. The molecular weight excluding hydrogens is 248 g/mol. The molecule has 20 heavy (non-hydrogen) atoms. The molecule has 3 heteroatoms. The lowest BCUT2D eigenvalue weighted by Crippen LogP contribution is -2.33. The van der Waals surface area contributed by atoms with Crippen LogP contribution in [0.5, 0.6) is 0 Å². The maximum atomic E-state index is 12.4. The number of carbonyl (C=O) groups excluding carboxylic acids is 1. The second kappa shape index (κ2) is 7.44. The molecule has 2 N–H and O–H groups in total. The lowest BCUT2D eigenvalue weighted by atomic mass is 9.98. The molecule has 1 fully saturated rings. The number of amides is 1. The highest BCUT2D eigenvalue weighted by Gasteiger charge is 2.19. The summed E-state index contributed by atoms with van der Waals surface area (Å²) in [5.41, 5.74) is 7.79. The van der Waals surface area contributed by atoms with Crippen molar-refractivity contribution in [3.05, 3.63) is 35.4 Å². The number of likely N-dealkylation sites (tertiary alicyclic amines) is 1. The third-order valence-electron chi connectivity index (χ3n) is 4.39. The van der Waals surface area contributed by atoms with Gasteiger partial charge in [-0.25, -0.2) is 0 Å². The van der Waals surface area contributed by atoms with Gasteiger partial charge in [0, 0.05) is 19.6 Å². The number of nitrogens with zero attached hydrogens (tertiary/aromatic N) is 1. The zero-order valence-electron chi connectivity index (χ0n) is 12.5. The molecule has 2 rings (SSSR count). The van der Waals surface area contributed by atoms with E-state index in [1.807, 2.05) is 29.2 Å². The molecule has 0 bridgehead atoms. The zero-order valence-corrected chi connectivity index (χ0v) is 12.5. The topological polar surface area (TPSA) is 46.3 Å². The van der Waals surface area contributed by atoms with Crippen LogP contribution in [-0.2, 0) is 17.8 Å². The molecule has 0 radical (unpaired) electrons. The molecule has 1 aliphatic rings. The van der Waals surface area contributed by atoms with Crippen molar-refractivity contribution >= 4 is 5.91 Å². The fraction of sp³-hybridized carbons (Fsp3) is 0.588. The Morgan fingerprint density at radius 2 is 1.90 bits per heavy atom. The lowest BCUT2D eigenvalue weighted by molar-refractivity contribution is -0.130. The maximum Gasteiger partial charge on any atom is 0.226 e. The van der Waals surface area contributed by atoms with Gasteiger partial charge in [-0.3, -0.25) is 4.79 Å². The highest BCUT2D eigenvalue weighted by Crippen LogP contribution is 2.20. The second-order valence-electron chi connectivity index (χ2n) is 5.78. The van der Waals surface area contributed by atoms with Gasteiger partial charge in [0.05, 0.1) is 6.42 Å². The third kappa shape index (κ3) is 4.07. The van der Waals surface area contributed by atoms with Gasteiger partial charge in [-0.1, -0.05) is 37.6 Å². The Kier molecular flexibility index (Phi) is 5.60. The van der Waals surface area contributed by atoms with E-state index in [9.17, 15) is 4.79 Å². The minimum atomic E-state index is 0.266. The average Bonchev–Trinajstić information content (AvgIpc) is 2.73. The van der Waals surface area contributed by atoms with E-state index in [0.29, 0.717) is 13.0 Å². The van der Waals surface area contributed by atoms with Gasteiger partial charge in [0.2, 0.25) is 5.91 Å². The minimum Gasteiger partial charge on any atom is -0.342 e. The van der Waals surface area contributed by atoms with E-state index in [1.165, 1.54) is 12.8 Å². The summed E-state index contributed by atoms with van der Waals surface area (Å²) in [6, 6.07) is 8.07. The van der Waals surface area contributed by atoms with Crippen molar-refractivity contribution in [2.75, 3.05) is 13.1 Å². The van der Waals surface area contributed by atoms with Crippen molar-refractivity contribution in [2.24, 2.45) is 11.7 Å². The van der Waals surface area contributed by atoms with Crippen molar-refractivity contribution in [3.8, 4) is 0 Å². The SMILES string of the molecule is CCC1CCCN(C(=O)Cc2ccc(CN)cc2)CC1. The summed E-state index contributed by atoms with van der Waals surface area (Å²) < 4.78 is 0. The van der Waals surface area contributed by atoms with Gasteiger partial charge < -0.3 is 10.6 Å². The molecule has 3 nitrogen and oxygen atoms in total. The largest absolute Gasteiger partial charge is 0.342 e. The molecule has 1 unspecified atom stereocenters. The molecule has 1 saturated heterocycles. The Morgan fingerprint density at radius 1 is 1.20 bits per heavy atom. The van der Waals surface area contributed by atoms with Gasteiger partial charge in [-0.15, -0.1) is 0 Å². The van der Waals surface area contributed by atoms with Crippen LogP contribution in [0.4, 0.5) is 0 Å². The summed E-state index contributed by atoms with van der Waals surface area (Å²) in [5, 5.41) is 0. The molecule has 1 aliphatic heterocycles. The number of rotatable bonds is 4. The van der Waals surface area contributed by atoms with Gasteiger partial charge in [-0.2, -0.15) is 0 Å². The summed E-state index contributed by atoms with van der Waals surface area (Å²) >= 11 is 0. The first-order valence-electron chi connectivity index (χ1n) is 7.78. The smallest absolute Gasteiger partial charge is 0.226 e. The Labute approximate surface area is 122 Å². The molecule has 1 aromatic rings. The van der Waals surface area contributed by atoms with Crippen LogP contribution in [-0.4, -0.2) is 23.9 Å². The standard InChI is InChI=1S/C17H26N2O/c1-2-14-4-3-10-19(11-9-14)17(20)12-15-5-7-16(13-18)8-6-15/h5-8,14H,2-4,9-13,18H2,1H3. The summed E-state index contributed by atoms with van der Waals surface area (Å²) in [6.45, 7) is 4.66. The second-order valence-corrected chi connectivity index (χ2v) is 5.78. The zero-order chi connectivity index (χ0) is 14.4. The lowest BCUT2D eigenvalue weighted by Gasteiger charge is -2.20. The Bertz CT molecular complexity index is 427. The van der Waals surface area contributed by atoms with Crippen molar-refractivity contribution in [3.63, 3.8) is 0 Å². The van der Waals surface area contributed by atoms with Gasteiger partial charge in [-0.05, 0) is 36.3 Å². The van der Waals surface area contributed by atoms with Crippen molar-refractivity contribution in [1.82, 2.24) is 4.90 Å². The molecular formula is C17H26N2O. The van der Waals surface area contributed by atoms with Gasteiger partial charge in [0.25, 0.3) is 0 Å². The number of benzene rings is 1. The van der Waals surface area contributed by atoms with E-state index in [1.54, 1.807) is 0 Å². The number of nitrogens with two attached hydrogens (primary N) is 1. The summed E-state index contributed by atoms with van der Waals surface area (Å²) in [5.74, 6) is 1.07. The van der Waals surface area contributed by atoms with Crippen LogP contribution in [0.1, 0.15) is 43.7 Å². The first kappa shape index (κ1) is 15.0. The van der Waals surface area contributed by atoms with Crippen LogP contribution < -0.4 is 5.73 Å². The van der Waals surface area contributed by atoms with E-state index in [0.717, 1.165) is 43.0 Å². The summed E-state index contributed by atoms with van der Waals surface area (Å²) in [6.07, 6.45) is 5.33.